The molecular formula is C24H29N5. The van der Waals surface area contributed by atoms with Crippen molar-refractivity contribution in [3.63, 3.8) is 0 Å². The number of piperazine rings is 1. The molecule has 3 aromatic rings. The molecule has 1 fully saturated rings. The number of aryl methyl sites for hydroxylation is 4. The molecule has 1 saturated heterocycles. The Morgan fingerprint density at radius 1 is 0.759 bits per heavy atom. The van der Waals surface area contributed by atoms with Crippen LogP contribution in [0, 0.1) is 27.7 Å². The maximum Gasteiger partial charge on any atom is 0.227 e. The van der Waals surface area contributed by atoms with Crippen LogP contribution < -0.4 is 15.1 Å². The lowest BCUT2D eigenvalue weighted by Gasteiger charge is -2.36. The van der Waals surface area contributed by atoms with E-state index in [0.717, 1.165) is 49.3 Å². The molecule has 5 nitrogen and oxygen atoms in total. The highest BCUT2D eigenvalue weighted by Crippen LogP contribution is 2.24. The average molecular weight is 388 g/mol. The Kier molecular flexibility index (Phi) is 5.38. The molecule has 0 spiro atoms. The van der Waals surface area contributed by atoms with E-state index in [1.54, 1.807) is 0 Å². The molecule has 0 amide bonds. The molecule has 0 bridgehead atoms. The fourth-order valence-corrected chi connectivity index (χ4v) is 3.76. The maximum absolute atomic E-state index is 4.82. The van der Waals surface area contributed by atoms with Crippen LogP contribution in [0.25, 0.3) is 0 Å². The van der Waals surface area contributed by atoms with Gasteiger partial charge in [-0.15, -0.1) is 0 Å². The van der Waals surface area contributed by atoms with Gasteiger partial charge in [-0.2, -0.15) is 4.98 Å². The Morgan fingerprint density at radius 2 is 1.48 bits per heavy atom. The molecule has 1 aliphatic rings. The third-order valence-corrected chi connectivity index (χ3v) is 5.43. The van der Waals surface area contributed by atoms with Crippen LogP contribution in [0.2, 0.25) is 0 Å². The Bertz CT molecular complexity index is 1010. The molecule has 4 rings (SSSR count). The summed E-state index contributed by atoms with van der Waals surface area (Å²) in [6, 6.07) is 17.2. The number of aromatic nitrogens is 2. The van der Waals surface area contributed by atoms with Gasteiger partial charge in [0.1, 0.15) is 5.82 Å². The molecule has 2 aromatic carbocycles. The first-order valence-corrected chi connectivity index (χ1v) is 10.2. The zero-order valence-electron chi connectivity index (χ0n) is 17.7. The van der Waals surface area contributed by atoms with E-state index in [2.05, 4.69) is 78.4 Å². The van der Waals surface area contributed by atoms with E-state index in [0.29, 0.717) is 0 Å². The third-order valence-electron chi connectivity index (χ3n) is 5.43. The van der Waals surface area contributed by atoms with Gasteiger partial charge in [0.25, 0.3) is 0 Å². The highest BCUT2D eigenvalue weighted by Gasteiger charge is 2.20. The summed E-state index contributed by atoms with van der Waals surface area (Å²) in [5.41, 5.74) is 7.11. The van der Waals surface area contributed by atoms with Crippen molar-refractivity contribution in [3.05, 3.63) is 70.9 Å². The summed E-state index contributed by atoms with van der Waals surface area (Å²) in [6.45, 7) is 12.2. The first-order chi connectivity index (χ1) is 14.0. The summed E-state index contributed by atoms with van der Waals surface area (Å²) < 4.78 is 0. The minimum absolute atomic E-state index is 0.807. The lowest BCUT2D eigenvalue weighted by atomic mass is 10.1. The molecule has 0 unspecified atom stereocenters. The first-order valence-electron chi connectivity index (χ1n) is 10.2. The smallest absolute Gasteiger partial charge is 0.227 e. The SMILES string of the molecule is Cc1cccc(N2CCN(c3nc(C)cc(Nc4cc(C)ccc4C)n3)CC2)c1. The largest absolute Gasteiger partial charge is 0.368 e. The van der Waals surface area contributed by atoms with Gasteiger partial charge in [0.15, 0.2) is 0 Å². The van der Waals surface area contributed by atoms with E-state index in [1.165, 1.54) is 22.4 Å². The zero-order chi connectivity index (χ0) is 20.4. The molecule has 1 aromatic heterocycles. The number of nitrogens with zero attached hydrogens (tertiary/aromatic N) is 4. The fourth-order valence-electron chi connectivity index (χ4n) is 3.76. The molecule has 0 saturated carbocycles. The third kappa shape index (κ3) is 4.50. The molecule has 0 atom stereocenters. The maximum atomic E-state index is 4.82. The van der Waals surface area contributed by atoms with Gasteiger partial charge in [0.2, 0.25) is 5.95 Å². The van der Waals surface area contributed by atoms with Crippen LogP contribution in [0.5, 0.6) is 0 Å². The highest BCUT2D eigenvalue weighted by molar-refractivity contribution is 5.62. The Balaban J connectivity index is 1.49. The fraction of sp³-hybridized carbons (Fsp3) is 0.333. The van der Waals surface area contributed by atoms with Gasteiger partial charge in [-0.3, -0.25) is 0 Å². The molecule has 1 aliphatic heterocycles. The van der Waals surface area contributed by atoms with Crippen LogP contribution in [0.1, 0.15) is 22.4 Å². The predicted molar refractivity (Wildman–Crippen MR) is 122 cm³/mol. The van der Waals surface area contributed by atoms with Crippen molar-refractivity contribution in [1.82, 2.24) is 9.97 Å². The van der Waals surface area contributed by atoms with Crippen LogP contribution in [-0.2, 0) is 0 Å². The summed E-state index contributed by atoms with van der Waals surface area (Å²) in [5, 5.41) is 3.49. The number of hydrogen-bond donors (Lipinski definition) is 1. The Labute approximate surface area is 173 Å². The van der Waals surface area contributed by atoms with Gasteiger partial charge in [0, 0.05) is 49.3 Å². The quantitative estimate of drug-likeness (QED) is 0.698. The van der Waals surface area contributed by atoms with E-state index in [4.69, 9.17) is 9.97 Å². The van der Waals surface area contributed by atoms with Crippen molar-refractivity contribution in [3.8, 4) is 0 Å². The van der Waals surface area contributed by atoms with Gasteiger partial charge >= 0.3 is 0 Å². The lowest BCUT2D eigenvalue weighted by molar-refractivity contribution is 0.639. The van der Waals surface area contributed by atoms with Crippen LogP contribution in [-0.4, -0.2) is 36.1 Å². The van der Waals surface area contributed by atoms with Gasteiger partial charge in [-0.1, -0.05) is 24.3 Å². The molecule has 1 N–H and O–H groups in total. The van der Waals surface area contributed by atoms with Gasteiger partial charge < -0.3 is 15.1 Å². The second kappa shape index (κ2) is 8.11. The van der Waals surface area contributed by atoms with E-state index in [-0.39, 0.29) is 0 Å². The molecule has 0 aliphatic carbocycles. The topological polar surface area (TPSA) is 44.3 Å². The van der Waals surface area contributed by atoms with Crippen LogP contribution in [0.15, 0.2) is 48.5 Å². The van der Waals surface area contributed by atoms with Crippen molar-refractivity contribution in [2.45, 2.75) is 27.7 Å². The summed E-state index contributed by atoms with van der Waals surface area (Å²) in [4.78, 5) is 14.3. The van der Waals surface area contributed by atoms with Gasteiger partial charge in [-0.05, 0) is 62.6 Å². The summed E-state index contributed by atoms with van der Waals surface area (Å²) in [5.74, 6) is 1.66. The number of benzene rings is 2. The van der Waals surface area contributed by atoms with E-state index < -0.39 is 0 Å². The zero-order valence-corrected chi connectivity index (χ0v) is 17.7. The number of anilines is 4. The van der Waals surface area contributed by atoms with Crippen molar-refractivity contribution in [1.29, 1.82) is 0 Å². The van der Waals surface area contributed by atoms with Crippen LogP contribution in [0.3, 0.4) is 0 Å². The minimum atomic E-state index is 0.807. The summed E-state index contributed by atoms with van der Waals surface area (Å²) in [6.07, 6.45) is 0. The molecule has 29 heavy (non-hydrogen) atoms. The number of nitrogens with one attached hydrogen (secondary N) is 1. The van der Waals surface area contributed by atoms with Gasteiger partial charge in [-0.25, -0.2) is 4.98 Å². The Morgan fingerprint density at radius 3 is 2.24 bits per heavy atom. The number of hydrogen-bond acceptors (Lipinski definition) is 5. The normalized spacial score (nSPS) is 14.2. The van der Waals surface area contributed by atoms with E-state index in [9.17, 15) is 0 Å². The second-order valence-corrected chi connectivity index (χ2v) is 7.95. The van der Waals surface area contributed by atoms with Crippen molar-refractivity contribution in [2.24, 2.45) is 0 Å². The predicted octanol–water partition coefficient (Wildman–Crippen LogP) is 4.78. The molecule has 5 heteroatoms. The minimum Gasteiger partial charge on any atom is -0.368 e. The number of rotatable bonds is 4. The molecule has 150 valence electrons. The van der Waals surface area contributed by atoms with Crippen LogP contribution in [0.4, 0.5) is 23.1 Å². The molecular weight excluding hydrogens is 358 g/mol. The second-order valence-electron chi connectivity index (χ2n) is 7.95. The van der Waals surface area contributed by atoms with Crippen molar-refractivity contribution in [2.75, 3.05) is 41.3 Å². The van der Waals surface area contributed by atoms with E-state index >= 15 is 0 Å². The Hall–Kier alpha value is -3.08. The summed E-state index contributed by atoms with van der Waals surface area (Å²) in [7, 11) is 0. The highest BCUT2D eigenvalue weighted by atomic mass is 15.3. The lowest BCUT2D eigenvalue weighted by Crippen LogP contribution is -2.47. The van der Waals surface area contributed by atoms with E-state index in [1.807, 2.05) is 13.0 Å². The monoisotopic (exact) mass is 387 g/mol. The van der Waals surface area contributed by atoms with Crippen molar-refractivity contribution < 1.29 is 0 Å². The molecule has 0 radical (unpaired) electrons. The average Bonchev–Trinajstić information content (AvgIpc) is 2.70. The standard InChI is InChI=1S/C24H29N5/c1-17-6-5-7-21(14-17)28-10-12-29(13-11-28)24-25-20(4)16-23(27-24)26-22-15-18(2)8-9-19(22)3/h5-9,14-16H,10-13H2,1-4H3,(H,25,26,27). The van der Waals surface area contributed by atoms with Crippen LogP contribution >= 0.6 is 0 Å². The summed E-state index contributed by atoms with van der Waals surface area (Å²) >= 11 is 0. The molecule has 2 heterocycles. The first kappa shape index (κ1) is 19.2. The van der Waals surface area contributed by atoms with Crippen molar-refractivity contribution >= 4 is 23.1 Å². The van der Waals surface area contributed by atoms with Gasteiger partial charge in [0.05, 0.1) is 0 Å².